The Bertz CT molecular complexity index is 578. The lowest BCUT2D eigenvalue weighted by Crippen LogP contribution is -2.03. The molecular weight excluding hydrogens is 316 g/mol. The van der Waals surface area contributed by atoms with Crippen molar-refractivity contribution in [1.29, 1.82) is 0 Å². The molecule has 0 fully saturated rings. The third kappa shape index (κ3) is 9.81. The lowest BCUT2D eigenvalue weighted by molar-refractivity contribution is -0.134. The van der Waals surface area contributed by atoms with Crippen molar-refractivity contribution in [2.75, 3.05) is 11.5 Å². The average molecular weight is 332 g/mol. The minimum absolute atomic E-state index is 0.147. The first-order valence-corrected chi connectivity index (χ1v) is 7.73. The number of pyridine rings is 2. The van der Waals surface area contributed by atoms with Crippen molar-refractivity contribution in [2.45, 2.75) is 0 Å². The third-order valence-electron chi connectivity index (χ3n) is 2.33. The summed E-state index contributed by atoms with van der Waals surface area (Å²) in [6.07, 6.45) is 11.2. The first-order valence-electron chi connectivity index (χ1n) is 6.57. The summed E-state index contributed by atoms with van der Waals surface area (Å²) in [5, 5.41) is 16.0. The number of carboxylic acids is 2. The molecule has 6 nitrogen and oxygen atoms in total. The molecule has 2 N–H and O–H groups in total. The van der Waals surface area contributed by atoms with Crippen LogP contribution in [0.4, 0.5) is 0 Å². The standard InChI is InChI=1S/C12H10N2.C4H6O4S/c1(11-3-7-13-8-4-11)2-12-5-9-14-10-6-12;5-3(6)1-9-2-4(7)8/h1-10H;1-2H2,(H,5,6)(H,7,8)/b2-1+;. The van der Waals surface area contributed by atoms with E-state index < -0.39 is 11.9 Å². The normalized spacial score (nSPS) is 9.91. The van der Waals surface area contributed by atoms with Gasteiger partial charge < -0.3 is 10.2 Å². The number of hydrogen-bond donors (Lipinski definition) is 2. The smallest absolute Gasteiger partial charge is 0.313 e. The first kappa shape index (κ1) is 18.4. The highest BCUT2D eigenvalue weighted by Gasteiger charge is 1.99. The topological polar surface area (TPSA) is 100 Å². The van der Waals surface area contributed by atoms with E-state index in [1.54, 1.807) is 24.8 Å². The Morgan fingerprint density at radius 1 is 0.826 bits per heavy atom. The Labute approximate surface area is 137 Å². The molecule has 7 heteroatoms. The molecule has 2 heterocycles. The molecular formula is C16H16N2O4S. The molecule has 0 unspecified atom stereocenters. The number of aromatic nitrogens is 2. The van der Waals surface area contributed by atoms with E-state index in [-0.39, 0.29) is 11.5 Å². The van der Waals surface area contributed by atoms with Gasteiger partial charge in [0, 0.05) is 24.8 Å². The van der Waals surface area contributed by atoms with Crippen LogP contribution in [0.5, 0.6) is 0 Å². The first-order chi connectivity index (χ1) is 11.1. The minimum atomic E-state index is -0.985. The maximum atomic E-state index is 9.77. The maximum absolute atomic E-state index is 9.77. The fourth-order valence-corrected chi connectivity index (χ4v) is 1.82. The average Bonchev–Trinajstić information content (AvgIpc) is 2.55. The highest BCUT2D eigenvalue weighted by Crippen LogP contribution is 2.05. The molecule has 0 aromatic carbocycles. The predicted octanol–water partition coefficient (Wildman–Crippen LogP) is 2.54. The number of nitrogens with zero attached hydrogens (tertiary/aromatic N) is 2. The van der Waals surface area contributed by atoms with Crippen LogP contribution in [-0.2, 0) is 9.59 Å². The predicted molar refractivity (Wildman–Crippen MR) is 90.0 cm³/mol. The fraction of sp³-hybridized carbons (Fsp3) is 0.125. The molecule has 0 spiro atoms. The van der Waals surface area contributed by atoms with Gasteiger partial charge in [0.2, 0.25) is 0 Å². The zero-order valence-electron chi connectivity index (χ0n) is 12.2. The number of rotatable bonds is 6. The SMILES string of the molecule is C(=C\c1ccncc1)/c1ccncc1.O=C(O)CSCC(=O)O. The molecule has 0 aliphatic rings. The lowest BCUT2D eigenvalue weighted by atomic mass is 10.2. The molecule has 2 aromatic rings. The van der Waals surface area contributed by atoms with Gasteiger partial charge in [0.15, 0.2) is 0 Å². The molecule has 0 aliphatic heterocycles. The van der Waals surface area contributed by atoms with E-state index in [1.165, 1.54) is 0 Å². The van der Waals surface area contributed by atoms with Gasteiger partial charge in [0.05, 0.1) is 11.5 Å². The lowest BCUT2D eigenvalue weighted by Gasteiger charge is -1.92. The van der Waals surface area contributed by atoms with E-state index >= 15 is 0 Å². The van der Waals surface area contributed by atoms with Crippen molar-refractivity contribution in [1.82, 2.24) is 9.97 Å². The Morgan fingerprint density at radius 3 is 1.48 bits per heavy atom. The van der Waals surface area contributed by atoms with Crippen LogP contribution in [0.25, 0.3) is 12.2 Å². The van der Waals surface area contributed by atoms with Crippen LogP contribution in [0.15, 0.2) is 49.1 Å². The van der Waals surface area contributed by atoms with Gasteiger partial charge in [-0.15, -0.1) is 11.8 Å². The highest BCUT2D eigenvalue weighted by atomic mass is 32.2. The van der Waals surface area contributed by atoms with E-state index in [4.69, 9.17) is 10.2 Å². The van der Waals surface area contributed by atoms with E-state index in [9.17, 15) is 9.59 Å². The zero-order valence-corrected chi connectivity index (χ0v) is 13.0. The van der Waals surface area contributed by atoms with Gasteiger partial charge in [0.1, 0.15) is 0 Å². The van der Waals surface area contributed by atoms with Crippen LogP contribution in [0.3, 0.4) is 0 Å². The van der Waals surface area contributed by atoms with Crippen molar-refractivity contribution in [3.8, 4) is 0 Å². The molecule has 0 saturated carbocycles. The largest absolute Gasteiger partial charge is 0.481 e. The second-order valence-electron chi connectivity index (χ2n) is 4.17. The molecule has 0 saturated heterocycles. The Morgan fingerprint density at radius 2 is 1.17 bits per heavy atom. The summed E-state index contributed by atoms with van der Waals surface area (Å²) in [4.78, 5) is 27.4. The summed E-state index contributed by atoms with van der Waals surface area (Å²) >= 11 is 0.870. The van der Waals surface area contributed by atoms with Gasteiger partial charge in [0.25, 0.3) is 0 Å². The number of hydrogen-bond acceptors (Lipinski definition) is 5. The summed E-state index contributed by atoms with van der Waals surface area (Å²) in [6, 6.07) is 7.88. The molecule has 120 valence electrons. The van der Waals surface area contributed by atoms with Crippen LogP contribution in [0.1, 0.15) is 11.1 Å². The number of aliphatic carboxylic acids is 2. The van der Waals surface area contributed by atoms with Crippen LogP contribution in [-0.4, -0.2) is 43.6 Å². The van der Waals surface area contributed by atoms with Crippen molar-refractivity contribution in [3.63, 3.8) is 0 Å². The van der Waals surface area contributed by atoms with Gasteiger partial charge in [-0.3, -0.25) is 19.6 Å². The van der Waals surface area contributed by atoms with Crippen molar-refractivity contribution >= 4 is 35.9 Å². The molecule has 23 heavy (non-hydrogen) atoms. The second-order valence-corrected chi connectivity index (χ2v) is 5.16. The van der Waals surface area contributed by atoms with Crippen LogP contribution >= 0.6 is 11.8 Å². The van der Waals surface area contributed by atoms with Gasteiger partial charge in [-0.2, -0.15) is 0 Å². The third-order valence-corrected chi connectivity index (χ3v) is 3.23. The van der Waals surface area contributed by atoms with E-state index in [1.807, 2.05) is 24.3 Å². The molecule has 0 amide bonds. The number of carboxylic acid groups (broad SMARTS) is 2. The molecule has 0 radical (unpaired) electrons. The quantitative estimate of drug-likeness (QED) is 0.838. The monoisotopic (exact) mass is 332 g/mol. The van der Waals surface area contributed by atoms with Gasteiger partial charge >= 0.3 is 11.9 Å². The summed E-state index contributed by atoms with van der Waals surface area (Å²) in [5.41, 5.74) is 2.30. The molecule has 2 rings (SSSR count). The second kappa shape index (κ2) is 11.0. The number of thioether (sulfide) groups is 1. The van der Waals surface area contributed by atoms with E-state index in [0.29, 0.717) is 0 Å². The summed E-state index contributed by atoms with van der Waals surface area (Å²) < 4.78 is 0. The molecule has 0 atom stereocenters. The summed E-state index contributed by atoms with van der Waals surface area (Å²) in [7, 11) is 0. The van der Waals surface area contributed by atoms with Crippen LogP contribution < -0.4 is 0 Å². The number of carbonyl (C=O) groups is 2. The van der Waals surface area contributed by atoms with Gasteiger partial charge in [-0.1, -0.05) is 12.2 Å². The van der Waals surface area contributed by atoms with Crippen molar-refractivity contribution in [3.05, 3.63) is 60.2 Å². The Balaban J connectivity index is 0.000000257. The highest BCUT2D eigenvalue weighted by molar-refractivity contribution is 8.00. The van der Waals surface area contributed by atoms with Crippen molar-refractivity contribution < 1.29 is 19.8 Å². The molecule has 0 aliphatic carbocycles. The zero-order chi connectivity index (χ0) is 16.9. The molecule has 2 aromatic heterocycles. The minimum Gasteiger partial charge on any atom is -0.481 e. The fourth-order valence-electron chi connectivity index (χ4n) is 1.37. The Hall–Kier alpha value is -2.67. The van der Waals surface area contributed by atoms with Gasteiger partial charge in [-0.05, 0) is 35.4 Å². The van der Waals surface area contributed by atoms with Crippen LogP contribution in [0, 0.1) is 0 Å². The van der Waals surface area contributed by atoms with Crippen molar-refractivity contribution in [2.24, 2.45) is 0 Å². The summed E-state index contributed by atoms with van der Waals surface area (Å²) in [5.74, 6) is -2.26. The summed E-state index contributed by atoms with van der Waals surface area (Å²) in [6.45, 7) is 0. The molecule has 0 bridgehead atoms. The van der Waals surface area contributed by atoms with E-state index in [2.05, 4.69) is 22.1 Å². The van der Waals surface area contributed by atoms with E-state index in [0.717, 1.165) is 22.9 Å². The Kier molecular flexibility index (Phi) is 8.77. The van der Waals surface area contributed by atoms with Gasteiger partial charge in [-0.25, -0.2) is 0 Å². The maximum Gasteiger partial charge on any atom is 0.313 e. The van der Waals surface area contributed by atoms with Crippen LogP contribution in [0.2, 0.25) is 0 Å².